The minimum atomic E-state index is -0.0526. The van der Waals surface area contributed by atoms with Crippen LogP contribution in [-0.2, 0) is 6.61 Å². The number of halogens is 1. The second-order valence-corrected chi connectivity index (χ2v) is 6.93. The molecule has 0 bridgehead atoms. The Kier molecular flexibility index (Phi) is 6.29. The van der Waals surface area contributed by atoms with Crippen molar-refractivity contribution in [2.24, 2.45) is 5.92 Å². The number of nitrogens with one attached hydrogen (secondary N) is 1. The number of rotatable bonds is 6. The van der Waals surface area contributed by atoms with Gasteiger partial charge in [0.05, 0.1) is 11.3 Å². The van der Waals surface area contributed by atoms with E-state index in [0.717, 1.165) is 18.0 Å². The second-order valence-electron chi connectivity index (χ2n) is 6.49. The molecular weight excluding hydrogens is 336 g/mol. The summed E-state index contributed by atoms with van der Waals surface area (Å²) in [5, 5.41) is 3.70. The predicted octanol–water partition coefficient (Wildman–Crippen LogP) is 4.62. The highest BCUT2D eigenvalue weighted by atomic mass is 35.5. The van der Waals surface area contributed by atoms with Crippen LogP contribution in [0, 0.1) is 5.92 Å². The van der Waals surface area contributed by atoms with E-state index in [4.69, 9.17) is 16.3 Å². The first-order valence-corrected chi connectivity index (χ1v) is 9.20. The maximum absolute atomic E-state index is 12.2. The number of carbonyl (C=O) groups is 1. The third-order valence-electron chi connectivity index (χ3n) is 4.56. The van der Waals surface area contributed by atoms with Crippen LogP contribution in [0.25, 0.3) is 0 Å². The Bertz CT molecular complexity index is 680. The number of ether oxygens (including phenoxy) is 1. The molecule has 1 aliphatic carbocycles. The normalized spacial score (nSPS) is 14.9. The fourth-order valence-electron chi connectivity index (χ4n) is 3.06. The number of amides is 1. The lowest BCUT2D eigenvalue weighted by Gasteiger charge is -2.21. The van der Waals surface area contributed by atoms with Gasteiger partial charge < -0.3 is 10.1 Å². The van der Waals surface area contributed by atoms with Crippen LogP contribution in [0.15, 0.2) is 42.6 Å². The summed E-state index contributed by atoms with van der Waals surface area (Å²) >= 11 is 5.85. The number of pyridine rings is 1. The van der Waals surface area contributed by atoms with Crippen LogP contribution >= 0.6 is 11.6 Å². The molecule has 0 unspecified atom stereocenters. The molecule has 0 aliphatic heterocycles. The summed E-state index contributed by atoms with van der Waals surface area (Å²) in [6, 6.07) is 10.8. The zero-order valence-electron chi connectivity index (χ0n) is 14.2. The highest BCUT2D eigenvalue weighted by Crippen LogP contribution is 2.22. The van der Waals surface area contributed by atoms with E-state index >= 15 is 0 Å². The van der Waals surface area contributed by atoms with Gasteiger partial charge in [-0.1, -0.05) is 30.9 Å². The van der Waals surface area contributed by atoms with Gasteiger partial charge in [0, 0.05) is 17.8 Å². The lowest BCUT2D eigenvalue weighted by molar-refractivity contribution is 0.0943. The maximum Gasteiger partial charge on any atom is 0.252 e. The Morgan fingerprint density at radius 1 is 1.12 bits per heavy atom. The van der Waals surface area contributed by atoms with Gasteiger partial charge in [0.15, 0.2) is 0 Å². The molecule has 1 aliphatic rings. The molecule has 0 spiro atoms. The molecule has 2 aromatic rings. The smallest absolute Gasteiger partial charge is 0.252 e. The summed E-state index contributed by atoms with van der Waals surface area (Å²) in [5.74, 6) is 1.31. The average Bonchev–Trinajstić information content (AvgIpc) is 2.67. The molecule has 3 rings (SSSR count). The minimum Gasteiger partial charge on any atom is -0.487 e. The van der Waals surface area contributed by atoms with E-state index in [9.17, 15) is 4.79 Å². The number of benzene rings is 1. The third-order valence-corrected chi connectivity index (χ3v) is 4.82. The van der Waals surface area contributed by atoms with E-state index in [1.807, 2.05) is 18.2 Å². The van der Waals surface area contributed by atoms with Gasteiger partial charge in [-0.15, -0.1) is 0 Å². The SMILES string of the molecule is O=C(NCC1CCCCC1)c1ccc(COc2ccc(Cl)cc2)nc1. The van der Waals surface area contributed by atoms with Crippen LogP contribution < -0.4 is 10.1 Å². The first-order chi connectivity index (χ1) is 12.2. The summed E-state index contributed by atoms with van der Waals surface area (Å²) in [7, 11) is 0. The second kappa shape index (κ2) is 8.86. The molecule has 1 aromatic heterocycles. The van der Waals surface area contributed by atoms with Crippen molar-refractivity contribution >= 4 is 17.5 Å². The van der Waals surface area contributed by atoms with Gasteiger partial charge in [-0.3, -0.25) is 9.78 Å². The van der Waals surface area contributed by atoms with Crippen molar-refractivity contribution in [1.82, 2.24) is 10.3 Å². The molecular formula is C20H23ClN2O2. The maximum atomic E-state index is 12.2. The molecule has 1 heterocycles. The Hall–Kier alpha value is -2.07. The molecule has 1 fully saturated rings. The fraction of sp³-hybridized carbons (Fsp3) is 0.400. The Balaban J connectivity index is 1.47. The number of nitrogens with zero attached hydrogens (tertiary/aromatic N) is 1. The fourth-order valence-corrected chi connectivity index (χ4v) is 3.19. The highest BCUT2D eigenvalue weighted by molar-refractivity contribution is 6.30. The molecule has 0 saturated heterocycles. The summed E-state index contributed by atoms with van der Waals surface area (Å²) < 4.78 is 5.65. The average molecular weight is 359 g/mol. The largest absolute Gasteiger partial charge is 0.487 e. The molecule has 0 radical (unpaired) electrons. The van der Waals surface area contributed by atoms with Crippen molar-refractivity contribution in [2.75, 3.05) is 6.54 Å². The van der Waals surface area contributed by atoms with E-state index in [1.165, 1.54) is 32.1 Å². The van der Waals surface area contributed by atoms with Crippen LogP contribution in [0.2, 0.25) is 5.02 Å². The first kappa shape index (κ1) is 17.7. The first-order valence-electron chi connectivity index (χ1n) is 8.82. The Morgan fingerprint density at radius 2 is 1.88 bits per heavy atom. The van der Waals surface area contributed by atoms with Crippen molar-refractivity contribution in [3.05, 3.63) is 58.9 Å². The van der Waals surface area contributed by atoms with E-state index in [0.29, 0.717) is 23.1 Å². The zero-order valence-corrected chi connectivity index (χ0v) is 15.0. The Morgan fingerprint density at radius 3 is 2.56 bits per heavy atom. The number of hydrogen-bond acceptors (Lipinski definition) is 3. The molecule has 5 heteroatoms. The molecule has 0 atom stereocenters. The monoisotopic (exact) mass is 358 g/mol. The van der Waals surface area contributed by atoms with Gasteiger partial charge in [-0.2, -0.15) is 0 Å². The zero-order chi connectivity index (χ0) is 17.5. The quantitative estimate of drug-likeness (QED) is 0.819. The van der Waals surface area contributed by atoms with E-state index < -0.39 is 0 Å². The molecule has 4 nitrogen and oxygen atoms in total. The van der Waals surface area contributed by atoms with Crippen LogP contribution in [0.3, 0.4) is 0 Å². The summed E-state index contributed by atoms with van der Waals surface area (Å²) in [6.07, 6.45) is 7.94. The topological polar surface area (TPSA) is 51.2 Å². The molecule has 132 valence electrons. The molecule has 1 amide bonds. The van der Waals surface area contributed by atoms with E-state index in [1.54, 1.807) is 24.4 Å². The van der Waals surface area contributed by atoms with Crippen molar-refractivity contribution < 1.29 is 9.53 Å². The number of carbonyl (C=O) groups excluding carboxylic acids is 1. The van der Waals surface area contributed by atoms with Gasteiger partial charge >= 0.3 is 0 Å². The molecule has 25 heavy (non-hydrogen) atoms. The predicted molar refractivity (Wildman–Crippen MR) is 98.9 cm³/mol. The lowest BCUT2D eigenvalue weighted by Crippen LogP contribution is -2.30. The van der Waals surface area contributed by atoms with Gasteiger partial charge in [0.2, 0.25) is 0 Å². The van der Waals surface area contributed by atoms with Gasteiger partial charge in [-0.25, -0.2) is 0 Å². The standard InChI is InChI=1S/C20H23ClN2O2/c21-17-7-10-19(11-8-17)25-14-18-9-6-16(13-22-18)20(24)23-12-15-4-2-1-3-5-15/h6-11,13,15H,1-5,12,14H2,(H,23,24). The van der Waals surface area contributed by atoms with Gasteiger partial charge in [0.1, 0.15) is 12.4 Å². The van der Waals surface area contributed by atoms with Crippen molar-refractivity contribution in [3.63, 3.8) is 0 Å². The molecule has 1 N–H and O–H groups in total. The van der Waals surface area contributed by atoms with E-state index in [-0.39, 0.29) is 5.91 Å². The number of aromatic nitrogens is 1. The van der Waals surface area contributed by atoms with E-state index in [2.05, 4.69) is 10.3 Å². The summed E-state index contributed by atoms with van der Waals surface area (Å²) in [6.45, 7) is 1.12. The van der Waals surface area contributed by atoms with Crippen molar-refractivity contribution in [3.8, 4) is 5.75 Å². The molecule has 1 saturated carbocycles. The van der Waals surface area contributed by atoms with Crippen molar-refractivity contribution in [1.29, 1.82) is 0 Å². The summed E-state index contributed by atoms with van der Waals surface area (Å²) in [4.78, 5) is 16.5. The lowest BCUT2D eigenvalue weighted by atomic mass is 9.89. The van der Waals surface area contributed by atoms with Crippen LogP contribution in [0.4, 0.5) is 0 Å². The van der Waals surface area contributed by atoms with Crippen LogP contribution in [0.5, 0.6) is 5.75 Å². The summed E-state index contributed by atoms with van der Waals surface area (Å²) in [5.41, 5.74) is 1.37. The van der Waals surface area contributed by atoms with Gasteiger partial charge in [0.25, 0.3) is 5.91 Å². The van der Waals surface area contributed by atoms with Gasteiger partial charge in [-0.05, 0) is 55.2 Å². The Labute approximate surface area is 153 Å². The minimum absolute atomic E-state index is 0.0526. The van der Waals surface area contributed by atoms with Crippen molar-refractivity contribution in [2.45, 2.75) is 38.7 Å². The molecule has 1 aromatic carbocycles. The highest BCUT2D eigenvalue weighted by Gasteiger charge is 2.15. The van der Waals surface area contributed by atoms with Crippen LogP contribution in [0.1, 0.15) is 48.2 Å². The number of hydrogen-bond donors (Lipinski definition) is 1. The third kappa shape index (κ3) is 5.46. The van der Waals surface area contributed by atoms with Crippen LogP contribution in [-0.4, -0.2) is 17.4 Å².